The molecule has 1 saturated heterocycles. The van der Waals surface area contributed by atoms with Crippen molar-refractivity contribution in [3.8, 4) is 0 Å². The number of amides is 1. The Morgan fingerprint density at radius 3 is 2.74 bits per heavy atom. The Morgan fingerprint density at radius 2 is 2.22 bits per heavy atom. The highest BCUT2D eigenvalue weighted by Gasteiger charge is 2.37. The summed E-state index contributed by atoms with van der Waals surface area (Å²) >= 11 is 0. The van der Waals surface area contributed by atoms with E-state index in [0.717, 1.165) is 19.0 Å². The van der Waals surface area contributed by atoms with E-state index >= 15 is 0 Å². The fourth-order valence-corrected chi connectivity index (χ4v) is 2.82. The van der Waals surface area contributed by atoms with Gasteiger partial charge in [0.2, 0.25) is 5.91 Å². The Labute approximate surface area is 141 Å². The van der Waals surface area contributed by atoms with Gasteiger partial charge in [-0.3, -0.25) is 19.6 Å². The van der Waals surface area contributed by atoms with Crippen LogP contribution in [0.15, 0.2) is 12.4 Å². The van der Waals surface area contributed by atoms with Gasteiger partial charge in [0.1, 0.15) is 17.9 Å². The van der Waals surface area contributed by atoms with Crippen LogP contribution in [0.25, 0.3) is 0 Å². The summed E-state index contributed by atoms with van der Waals surface area (Å²) < 4.78 is 1.36. The van der Waals surface area contributed by atoms with E-state index in [1.807, 2.05) is 6.92 Å². The van der Waals surface area contributed by atoms with Crippen molar-refractivity contribution in [2.75, 3.05) is 13.1 Å². The molecule has 2 N–H and O–H groups in total. The van der Waals surface area contributed by atoms with E-state index in [9.17, 15) is 14.9 Å². The lowest BCUT2D eigenvalue weighted by Gasteiger charge is -2.38. The SMILES string of the molecule is CC(N)C1CCCN(C(=O)C(C)(C)n2cc([N+](=O)[O-])cn2)C1.Cl. The molecule has 1 aromatic rings. The molecule has 2 rings (SSSR count). The number of nitrogens with two attached hydrogens (primary N) is 1. The molecule has 2 unspecified atom stereocenters. The number of carbonyl (C=O) groups is 1. The lowest BCUT2D eigenvalue weighted by molar-refractivity contribution is -0.385. The molecule has 2 heterocycles. The summed E-state index contributed by atoms with van der Waals surface area (Å²) in [5.41, 5.74) is 4.87. The van der Waals surface area contributed by atoms with Crippen LogP contribution in [0.5, 0.6) is 0 Å². The molecule has 0 radical (unpaired) electrons. The number of hydrogen-bond donors (Lipinski definition) is 1. The van der Waals surface area contributed by atoms with Crippen LogP contribution in [-0.2, 0) is 10.3 Å². The summed E-state index contributed by atoms with van der Waals surface area (Å²) in [6.07, 6.45) is 4.41. The van der Waals surface area contributed by atoms with E-state index in [2.05, 4.69) is 5.10 Å². The summed E-state index contributed by atoms with van der Waals surface area (Å²) in [5, 5.41) is 14.8. The molecule has 1 fully saturated rings. The van der Waals surface area contributed by atoms with Crippen LogP contribution in [0.2, 0.25) is 0 Å². The van der Waals surface area contributed by atoms with Crippen LogP contribution in [-0.4, -0.2) is 44.6 Å². The number of likely N-dealkylation sites (tertiary alicyclic amines) is 1. The third-order valence-corrected chi connectivity index (χ3v) is 4.36. The van der Waals surface area contributed by atoms with E-state index in [-0.39, 0.29) is 30.0 Å². The van der Waals surface area contributed by atoms with Gasteiger partial charge in [0, 0.05) is 19.1 Å². The number of rotatable bonds is 4. The number of halogens is 1. The molecule has 0 aromatic carbocycles. The molecule has 2 atom stereocenters. The van der Waals surface area contributed by atoms with Crippen LogP contribution in [0, 0.1) is 16.0 Å². The Morgan fingerprint density at radius 1 is 1.57 bits per heavy atom. The number of aromatic nitrogens is 2. The fourth-order valence-electron chi connectivity index (χ4n) is 2.82. The minimum atomic E-state index is -0.964. The second-order valence-corrected chi connectivity index (χ2v) is 6.47. The molecule has 8 nitrogen and oxygen atoms in total. The maximum atomic E-state index is 12.8. The summed E-state index contributed by atoms with van der Waals surface area (Å²) in [5.74, 6) is 0.205. The molecular formula is C14H24ClN5O3. The summed E-state index contributed by atoms with van der Waals surface area (Å²) in [6, 6.07) is 0.0458. The molecule has 1 aliphatic heterocycles. The Balaban J connectivity index is 0.00000264. The van der Waals surface area contributed by atoms with Crippen molar-refractivity contribution in [2.45, 2.75) is 45.2 Å². The number of nitro groups is 1. The van der Waals surface area contributed by atoms with E-state index in [1.54, 1.807) is 18.7 Å². The fraction of sp³-hybridized carbons (Fsp3) is 0.714. The third kappa shape index (κ3) is 4.00. The standard InChI is InChI=1S/C14H23N5O3.ClH/c1-10(15)11-5-4-6-17(8-11)13(20)14(2,3)18-9-12(7-16-18)19(21)22;/h7,9-11H,4-6,8,15H2,1-3H3;1H. The van der Waals surface area contributed by atoms with Crippen molar-refractivity contribution < 1.29 is 9.72 Å². The number of nitrogens with zero attached hydrogens (tertiary/aromatic N) is 4. The van der Waals surface area contributed by atoms with Crippen molar-refractivity contribution in [2.24, 2.45) is 11.7 Å². The largest absolute Gasteiger partial charge is 0.340 e. The first-order valence-corrected chi connectivity index (χ1v) is 7.48. The van der Waals surface area contributed by atoms with Gasteiger partial charge < -0.3 is 10.6 Å². The Kier molecular flexibility index (Phi) is 6.12. The minimum Gasteiger partial charge on any atom is -0.340 e. The smallest absolute Gasteiger partial charge is 0.307 e. The highest BCUT2D eigenvalue weighted by molar-refractivity contribution is 5.85. The zero-order valence-corrected chi connectivity index (χ0v) is 14.5. The number of hydrogen-bond acceptors (Lipinski definition) is 5. The zero-order chi connectivity index (χ0) is 16.5. The molecular weight excluding hydrogens is 322 g/mol. The van der Waals surface area contributed by atoms with E-state index in [4.69, 9.17) is 5.73 Å². The molecule has 0 bridgehead atoms. The van der Waals surface area contributed by atoms with Crippen LogP contribution in [0.1, 0.15) is 33.6 Å². The predicted molar refractivity (Wildman–Crippen MR) is 88.4 cm³/mol. The van der Waals surface area contributed by atoms with Gasteiger partial charge in [-0.05, 0) is 39.5 Å². The van der Waals surface area contributed by atoms with Crippen LogP contribution >= 0.6 is 12.4 Å². The minimum absolute atomic E-state index is 0. The van der Waals surface area contributed by atoms with Crippen LogP contribution in [0.3, 0.4) is 0 Å². The van der Waals surface area contributed by atoms with Gasteiger partial charge in [0.25, 0.3) is 0 Å². The van der Waals surface area contributed by atoms with Crippen molar-refractivity contribution in [1.29, 1.82) is 0 Å². The van der Waals surface area contributed by atoms with E-state index in [0.29, 0.717) is 19.0 Å². The van der Waals surface area contributed by atoms with Crippen molar-refractivity contribution in [3.05, 3.63) is 22.5 Å². The topological polar surface area (TPSA) is 107 Å². The predicted octanol–water partition coefficient (Wildman–Crippen LogP) is 1.53. The van der Waals surface area contributed by atoms with Gasteiger partial charge in [-0.15, -0.1) is 12.4 Å². The van der Waals surface area contributed by atoms with Gasteiger partial charge in [-0.1, -0.05) is 0 Å². The van der Waals surface area contributed by atoms with Gasteiger partial charge in [-0.25, -0.2) is 0 Å². The van der Waals surface area contributed by atoms with Crippen molar-refractivity contribution in [1.82, 2.24) is 14.7 Å². The van der Waals surface area contributed by atoms with Gasteiger partial charge in [0.05, 0.1) is 4.92 Å². The number of carbonyl (C=O) groups excluding carboxylic acids is 1. The molecule has 1 aromatic heterocycles. The first kappa shape index (κ1) is 19.4. The summed E-state index contributed by atoms with van der Waals surface area (Å²) in [6.45, 7) is 6.72. The molecule has 1 aliphatic rings. The maximum absolute atomic E-state index is 12.8. The monoisotopic (exact) mass is 345 g/mol. The molecule has 0 aliphatic carbocycles. The van der Waals surface area contributed by atoms with Gasteiger partial charge in [-0.2, -0.15) is 5.10 Å². The second kappa shape index (κ2) is 7.27. The van der Waals surface area contributed by atoms with Crippen molar-refractivity contribution >= 4 is 24.0 Å². The van der Waals surface area contributed by atoms with Gasteiger partial charge in [0.15, 0.2) is 0 Å². The Hall–Kier alpha value is -1.67. The average Bonchev–Trinajstić information content (AvgIpc) is 2.97. The lowest BCUT2D eigenvalue weighted by Crippen LogP contribution is -2.52. The van der Waals surface area contributed by atoms with Crippen LogP contribution < -0.4 is 5.73 Å². The molecule has 0 spiro atoms. The molecule has 1 amide bonds. The zero-order valence-electron chi connectivity index (χ0n) is 13.6. The lowest BCUT2D eigenvalue weighted by atomic mass is 9.90. The second-order valence-electron chi connectivity index (χ2n) is 6.47. The quantitative estimate of drug-likeness (QED) is 0.657. The highest BCUT2D eigenvalue weighted by atomic mass is 35.5. The normalized spacial score (nSPS) is 19.8. The Bertz CT molecular complexity index is 573. The molecule has 9 heteroatoms. The average molecular weight is 346 g/mol. The first-order valence-electron chi connectivity index (χ1n) is 7.48. The maximum Gasteiger partial charge on any atom is 0.307 e. The molecule has 130 valence electrons. The highest BCUT2D eigenvalue weighted by Crippen LogP contribution is 2.25. The van der Waals surface area contributed by atoms with E-state index < -0.39 is 10.5 Å². The van der Waals surface area contributed by atoms with Crippen molar-refractivity contribution in [3.63, 3.8) is 0 Å². The molecule has 23 heavy (non-hydrogen) atoms. The third-order valence-electron chi connectivity index (χ3n) is 4.36. The summed E-state index contributed by atoms with van der Waals surface area (Å²) in [4.78, 5) is 24.9. The van der Waals surface area contributed by atoms with Crippen LogP contribution in [0.4, 0.5) is 5.69 Å². The summed E-state index contributed by atoms with van der Waals surface area (Å²) in [7, 11) is 0. The van der Waals surface area contributed by atoms with E-state index in [1.165, 1.54) is 10.9 Å². The first-order chi connectivity index (χ1) is 10.2. The van der Waals surface area contributed by atoms with Gasteiger partial charge >= 0.3 is 5.69 Å². The number of piperidine rings is 1. The molecule has 0 saturated carbocycles.